The van der Waals surface area contributed by atoms with Crippen molar-refractivity contribution in [3.8, 4) is 0 Å². The molecule has 0 aliphatic carbocycles. The van der Waals surface area contributed by atoms with Gasteiger partial charge >= 0.3 is 5.97 Å². The van der Waals surface area contributed by atoms with E-state index in [1.807, 2.05) is 0 Å². The first-order valence-corrected chi connectivity index (χ1v) is 5.30. The van der Waals surface area contributed by atoms with E-state index in [0.29, 0.717) is 12.1 Å². The summed E-state index contributed by atoms with van der Waals surface area (Å²) in [4.78, 5) is 11.3. The van der Waals surface area contributed by atoms with Gasteiger partial charge in [-0.05, 0) is 30.7 Å². The minimum atomic E-state index is -1.19. The van der Waals surface area contributed by atoms with Crippen LogP contribution in [-0.4, -0.2) is 30.3 Å². The number of rotatable bonds is 6. The van der Waals surface area contributed by atoms with E-state index in [9.17, 15) is 14.3 Å². The Morgan fingerprint density at radius 1 is 1.47 bits per heavy atom. The molecule has 1 unspecified atom stereocenters. The number of nitrogens with one attached hydrogen (secondary N) is 1. The zero-order valence-electron chi connectivity index (χ0n) is 9.87. The summed E-state index contributed by atoms with van der Waals surface area (Å²) in [6, 6.07) is 5.55. The molecule has 0 bridgehead atoms. The summed E-state index contributed by atoms with van der Waals surface area (Å²) < 4.78 is 17.7. The van der Waals surface area contributed by atoms with Crippen molar-refractivity contribution in [1.29, 1.82) is 0 Å². The van der Waals surface area contributed by atoms with Gasteiger partial charge in [0, 0.05) is 12.8 Å². The minimum Gasteiger partial charge on any atom is -0.479 e. The average Bonchev–Trinajstić information content (AvgIpc) is 2.31. The van der Waals surface area contributed by atoms with Gasteiger partial charge in [-0.3, -0.25) is 0 Å². The molecule has 0 amide bonds. The molecule has 17 heavy (non-hydrogen) atoms. The van der Waals surface area contributed by atoms with E-state index >= 15 is 0 Å². The predicted octanol–water partition coefficient (Wildman–Crippen LogP) is 2.12. The van der Waals surface area contributed by atoms with Gasteiger partial charge in [0.1, 0.15) is 5.82 Å². The van der Waals surface area contributed by atoms with Gasteiger partial charge in [0.2, 0.25) is 0 Å². The molecular formula is C12H16FNO3. The molecule has 0 saturated carbocycles. The van der Waals surface area contributed by atoms with Crippen molar-refractivity contribution in [2.24, 2.45) is 0 Å². The molecule has 0 aliphatic heterocycles. The maximum atomic E-state index is 12.7. The van der Waals surface area contributed by atoms with Crippen LogP contribution in [0.1, 0.15) is 13.3 Å². The van der Waals surface area contributed by atoms with E-state index < -0.39 is 11.5 Å². The molecule has 0 saturated heterocycles. The van der Waals surface area contributed by atoms with Crippen molar-refractivity contribution in [3.63, 3.8) is 0 Å². The Balaban J connectivity index is 2.92. The monoisotopic (exact) mass is 241 g/mol. The zero-order chi connectivity index (χ0) is 12.9. The second kappa shape index (κ2) is 5.63. The maximum absolute atomic E-state index is 12.7. The third-order valence-electron chi connectivity index (χ3n) is 2.63. The Labute approximate surface area is 99.4 Å². The number of ether oxygens (including phenoxy) is 1. The number of benzene rings is 1. The smallest absolute Gasteiger partial charge is 0.331 e. The highest BCUT2D eigenvalue weighted by Crippen LogP contribution is 2.20. The van der Waals surface area contributed by atoms with Crippen molar-refractivity contribution >= 4 is 11.7 Å². The highest BCUT2D eigenvalue weighted by atomic mass is 19.1. The Hall–Kier alpha value is -1.62. The molecule has 0 radical (unpaired) electrons. The summed E-state index contributed by atoms with van der Waals surface area (Å²) in [6.45, 7) is 1.79. The van der Waals surface area contributed by atoms with Crippen LogP contribution in [0.25, 0.3) is 0 Å². The molecule has 1 aromatic carbocycles. The quantitative estimate of drug-likeness (QED) is 0.801. The van der Waals surface area contributed by atoms with Crippen molar-refractivity contribution in [1.82, 2.24) is 0 Å². The van der Waals surface area contributed by atoms with Gasteiger partial charge in [0.15, 0.2) is 5.54 Å². The lowest BCUT2D eigenvalue weighted by atomic mass is 9.97. The molecule has 94 valence electrons. The van der Waals surface area contributed by atoms with Crippen LogP contribution in [0, 0.1) is 5.82 Å². The number of hydrogen-bond acceptors (Lipinski definition) is 3. The third kappa shape index (κ3) is 3.17. The average molecular weight is 241 g/mol. The van der Waals surface area contributed by atoms with E-state index in [0.717, 1.165) is 0 Å². The van der Waals surface area contributed by atoms with Gasteiger partial charge < -0.3 is 15.2 Å². The molecule has 1 rings (SSSR count). The third-order valence-corrected chi connectivity index (χ3v) is 2.63. The molecular weight excluding hydrogens is 225 g/mol. The molecule has 1 aromatic rings. The van der Waals surface area contributed by atoms with Crippen molar-refractivity contribution in [3.05, 3.63) is 30.1 Å². The van der Waals surface area contributed by atoms with Crippen LogP contribution in [-0.2, 0) is 9.53 Å². The van der Waals surface area contributed by atoms with Gasteiger partial charge in [-0.15, -0.1) is 0 Å². The Morgan fingerprint density at radius 2 is 2.06 bits per heavy atom. The SMILES string of the molecule is CCC(COC)(Nc1ccc(F)cc1)C(=O)O. The lowest BCUT2D eigenvalue weighted by Crippen LogP contribution is -2.49. The summed E-state index contributed by atoms with van der Waals surface area (Å²) >= 11 is 0. The van der Waals surface area contributed by atoms with E-state index in [4.69, 9.17) is 4.74 Å². The molecule has 0 aliphatic rings. The highest BCUT2D eigenvalue weighted by Gasteiger charge is 2.36. The van der Waals surface area contributed by atoms with Crippen LogP contribution in [0.3, 0.4) is 0 Å². The molecule has 0 spiro atoms. The maximum Gasteiger partial charge on any atom is 0.331 e. The lowest BCUT2D eigenvalue weighted by Gasteiger charge is -2.29. The van der Waals surface area contributed by atoms with Crippen LogP contribution >= 0.6 is 0 Å². The largest absolute Gasteiger partial charge is 0.479 e. The molecule has 0 aromatic heterocycles. The number of anilines is 1. The molecule has 0 heterocycles. The number of methoxy groups -OCH3 is 1. The summed E-state index contributed by atoms with van der Waals surface area (Å²) in [5.41, 5.74) is -0.639. The van der Waals surface area contributed by atoms with Crippen LogP contribution in [0.4, 0.5) is 10.1 Å². The fourth-order valence-electron chi connectivity index (χ4n) is 1.55. The van der Waals surface area contributed by atoms with Gasteiger partial charge in [-0.25, -0.2) is 9.18 Å². The van der Waals surface area contributed by atoms with Crippen LogP contribution in [0.5, 0.6) is 0 Å². The normalized spacial score (nSPS) is 14.1. The Bertz CT molecular complexity index is 380. The second-order valence-electron chi connectivity index (χ2n) is 3.81. The number of carboxylic acids is 1. The Kier molecular flexibility index (Phi) is 4.45. The fourth-order valence-corrected chi connectivity index (χ4v) is 1.55. The van der Waals surface area contributed by atoms with E-state index in [2.05, 4.69) is 5.32 Å². The van der Waals surface area contributed by atoms with E-state index in [1.54, 1.807) is 6.92 Å². The second-order valence-corrected chi connectivity index (χ2v) is 3.81. The summed E-state index contributed by atoms with van der Waals surface area (Å²) in [5, 5.41) is 12.1. The van der Waals surface area contributed by atoms with Gasteiger partial charge in [0.05, 0.1) is 6.61 Å². The van der Waals surface area contributed by atoms with Crippen LogP contribution < -0.4 is 5.32 Å². The van der Waals surface area contributed by atoms with Gasteiger partial charge in [0.25, 0.3) is 0 Å². The van der Waals surface area contributed by atoms with Gasteiger partial charge in [-0.1, -0.05) is 6.92 Å². The zero-order valence-corrected chi connectivity index (χ0v) is 9.87. The van der Waals surface area contributed by atoms with Crippen LogP contribution in [0.15, 0.2) is 24.3 Å². The predicted molar refractivity (Wildman–Crippen MR) is 62.6 cm³/mol. The number of hydrogen-bond donors (Lipinski definition) is 2. The highest BCUT2D eigenvalue weighted by molar-refractivity contribution is 5.83. The Morgan fingerprint density at radius 3 is 2.47 bits per heavy atom. The van der Waals surface area contributed by atoms with E-state index in [1.165, 1.54) is 31.4 Å². The van der Waals surface area contributed by atoms with Crippen molar-refractivity contribution in [2.45, 2.75) is 18.9 Å². The summed E-state index contributed by atoms with van der Waals surface area (Å²) in [6.07, 6.45) is 0.355. The number of aliphatic carboxylic acids is 1. The van der Waals surface area contributed by atoms with Crippen molar-refractivity contribution < 1.29 is 19.0 Å². The van der Waals surface area contributed by atoms with Gasteiger partial charge in [-0.2, -0.15) is 0 Å². The summed E-state index contributed by atoms with van der Waals surface area (Å²) in [7, 11) is 1.44. The van der Waals surface area contributed by atoms with E-state index in [-0.39, 0.29) is 12.4 Å². The minimum absolute atomic E-state index is 0.0379. The first kappa shape index (κ1) is 13.4. The molecule has 2 N–H and O–H groups in total. The molecule has 5 heteroatoms. The standard InChI is InChI=1S/C12H16FNO3/c1-3-12(8-17-2,11(15)16)14-10-6-4-9(13)5-7-10/h4-7,14H,3,8H2,1-2H3,(H,15,16). The number of carboxylic acid groups (broad SMARTS) is 1. The van der Waals surface area contributed by atoms with Crippen LogP contribution in [0.2, 0.25) is 0 Å². The first-order chi connectivity index (χ1) is 8.04. The number of halogens is 1. The lowest BCUT2D eigenvalue weighted by molar-refractivity contribution is -0.144. The van der Waals surface area contributed by atoms with Crippen molar-refractivity contribution in [2.75, 3.05) is 19.0 Å². The summed E-state index contributed by atoms with van der Waals surface area (Å²) in [5.74, 6) is -1.36. The molecule has 1 atom stereocenters. The molecule has 0 fully saturated rings. The molecule has 4 nitrogen and oxygen atoms in total. The topological polar surface area (TPSA) is 58.6 Å². The fraction of sp³-hybridized carbons (Fsp3) is 0.417. The number of carbonyl (C=O) groups is 1. The first-order valence-electron chi connectivity index (χ1n) is 5.30.